The summed E-state index contributed by atoms with van der Waals surface area (Å²) in [5, 5.41) is 2.73. The van der Waals surface area contributed by atoms with Gasteiger partial charge in [0.2, 0.25) is 10.0 Å². The van der Waals surface area contributed by atoms with Crippen molar-refractivity contribution < 1.29 is 17.9 Å². The summed E-state index contributed by atoms with van der Waals surface area (Å²) in [6, 6.07) is 9.49. The first-order chi connectivity index (χ1) is 11.5. The van der Waals surface area contributed by atoms with Crippen LogP contribution >= 0.6 is 0 Å². The zero-order chi connectivity index (χ0) is 17.4. The van der Waals surface area contributed by atoms with Gasteiger partial charge in [0, 0.05) is 38.2 Å². The Balaban J connectivity index is 2.05. The van der Waals surface area contributed by atoms with Crippen LogP contribution in [-0.4, -0.2) is 39.6 Å². The van der Waals surface area contributed by atoms with Gasteiger partial charge in [0.05, 0.1) is 11.5 Å². The molecular weight excluding hydrogens is 330 g/mol. The van der Waals surface area contributed by atoms with Gasteiger partial charge in [0.1, 0.15) is 0 Å². The van der Waals surface area contributed by atoms with Crippen LogP contribution < -0.4 is 10.0 Å². The maximum atomic E-state index is 12.2. The lowest BCUT2D eigenvalue weighted by molar-refractivity contribution is 0.0950. The van der Waals surface area contributed by atoms with Crippen molar-refractivity contribution in [2.45, 2.75) is 11.4 Å². The molecule has 0 unspecified atom stereocenters. The highest BCUT2D eigenvalue weighted by molar-refractivity contribution is 7.89. The van der Waals surface area contributed by atoms with Crippen molar-refractivity contribution in [1.82, 2.24) is 15.0 Å². The van der Waals surface area contributed by atoms with Crippen molar-refractivity contribution in [3.05, 3.63) is 59.9 Å². The molecule has 1 amide bonds. The molecule has 0 radical (unpaired) electrons. The highest BCUT2D eigenvalue weighted by atomic mass is 32.2. The summed E-state index contributed by atoms with van der Waals surface area (Å²) in [5.41, 5.74) is 1.13. The highest BCUT2D eigenvalue weighted by Crippen LogP contribution is 2.11. The Bertz CT molecular complexity index is 779. The predicted octanol–water partition coefficient (Wildman–Crippen LogP) is 0.936. The Kier molecular flexibility index (Phi) is 6.42. The molecule has 1 heterocycles. The van der Waals surface area contributed by atoms with Gasteiger partial charge in [0.25, 0.3) is 5.91 Å². The molecule has 0 aliphatic carbocycles. The fraction of sp³-hybridized carbons (Fsp3) is 0.250. The van der Waals surface area contributed by atoms with Crippen molar-refractivity contribution >= 4 is 15.9 Å². The minimum Gasteiger partial charge on any atom is -0.383 e. The third-order valence-electron chi connectivity index (χ3n) is 3.18. The van der Waals surface area contributed by atoms with Crippen LogP contribution in [0.5, 0.6) is 0 Å². The summed E-state index contributed by atoms with van der Waals surface area (Å²) in [6.07, 6.45) is 3.30. The number of nitrogens with one attached hydrogen (secondary N) is 2. The minimum absolute atomic E-state index is 0.0348. The monoisotopic (exact) mass is 349 g/mol. The average Bonchev–Trinajstić information content (AvgIpc) is 2.61. The number of ether oxygens (including phenoxy) is 1. The highest BCUT2D eigenvalue weighted by Gasteiger charge is 2.15. The molecule has 2 aromatic rings. The molecule has 1 aromatic heterocycles. The van der Waals surface area contributed by atoms with E-state index in [1.165, 1.54) is 25.3 Å². The van der Waals surface area contributed by atoms with Gasteiger partial charge in [-0.1, -0.05) is 12.1 Å². The number of methoxy groups -OCH3 is 1. The molecule has 8 heteroatoms. The van der Waals surface area contributed by atoms with Crippen LogP contribution in [0.2, 0.25) is 0 Å². The number of hydrogen-bond donors (Lipinski definition) is 2. The summed E-state index contributed by atoms with van der Waals surface area (Å²) in [4.78, 5) is 16.2. The van der Waals surface area contributed by atoms with Crippen LogP contribution in [-0.2, 0) is 21.3 Å². The summed E-state index contributed by atoms with van der Waals surface area (Å²) in [6.45, 7) is 0.747. The van der Waals surface area contributed by atoms with E-state index in [0.717, 1.165) is 5.56 Å². The number of sulfonamides is 1. The Morgan fingerprint density at radius 3 is 2.79 bits per heavy atom. The van der Waals surface area contributed by atoms with Gasteiger partial charge < -0.3 is 10.1 Å². The summed E-state index contributed by atoms with van der Waals surface area (Å²) < 4.78 is 31.5. The number of carbonyl (C=O) groups is 1. The number of rotatable bonds is 8. The van der Waals surface area contributed by atoms with Gasteiger partial charge in [-0.25, -0.2) is 13.1 Å². The Labute approximate surface area is 141 Å². The molecular formula is C16H19N3O4S. The number of amides is 1. The molecule has 0 aliphatic heterocycles. The molecule has 128 valence electrons. The number of benzene rings is 1. The number of aromatic nitrogens is 1. The Morgan fingerprint density at radius 1 is 1.25 bits per heavy atom. The molecule has 24 heavy (non-hydrogen) atoms. The van der Waals surface area contributed by atoms with Crippen LogP contribution in [0.25, 0.3) is 0 Å². The molecule has 0 bridgehead atoms. The largest absolute Gasteiger partial charge is 0.383 e. The fourth-order valence-electron chi connectivity index (χ4n) is 1.95. The first-order valence-corrected chi connectivity index (χ1v) is 8.77. The maximum absolute atomic E-state index is 12.2. The third kappa shape index (κ3) is 5.12. The first kappa shape index (κ1) is 18.1. The van der Waals surface area contributed by atoms with Crippen molar-refractivity contribution in [3.63, 3.8) is 0 Å². The lowest BCUT2D eigenvalue weighted by atomic mass is 10.2. The Morgan fingerprint density at radius 2 is 2.08 bits per heavy atom. The topological polar surface area (TPSA) is 97.4 Å². The molecule has 0 saturated carbocycles. The number of hydrogen-bond acceptors (Lipinski definition) is 5. The van der Waals surface area contributed by atoms with E-state index in [4.69, 9.17) is 4.74 Å². The van der Waals surface area contributed by atoms with E-state index < -0.39 is 10.0 Å². The third-order valence-corrected chi connectivity index (χ3v) is 4.64. The Hall–Kier alpha value is -2.29. The average molecular weight is 349 g/mol. The summed E-state index contributed by atoms with van der Waals surface area (Å²) in [5.74, 6) is -0.354. The number of nitrogens with zero attached hydrogens (tertiary/aromatic N) is 1. The normalized spacial score (nSPS) is 11.2. The van der Waals surface area contributed by atoms with Gasteiger partial charge in [-0.2, -0.15) is 0 Å². The van der Waals surface area contributed by atoms with E-state index in [-0.39, 0.29) is 29.5 Å². The molecule has 0 spiro atoms. The van der Waals surface area contributed by atoms with E-state index in [9.17, 15) is 13.2 Å². The summed E-state index contributed by atoms with van der Waals surface area (Å²) >= 11 is 0. The smallest absolute Gasteiger partial charge is 0.251 e. The van der Waals surface area contributed by atoms with Gasteiger partial charge in [-0.15, -0.1) is 0 Å². The van der Waals surface area contributed by atoms with Crippen LogP contribution in [0.4, 0.5) is 0 Å². The maximum Gasteiger partial charge on any atom is 0.251 e. The quantitative estimate of drug-likeness (QED) is 0.691. The molecule has 0 atom stereocenters. The zero-order valence-corrected chi connectivity index (χ0v) is 14.0. The fourth-order valence-corrected chi connectivity index (χ4v) is 3.01. The molecule has 2 N–H and O–H groups in total. The number of carbonyl (C=O) groups excluding carboxylic acids is 1. The van der Waals surface area contributed by atoms with E-state index in [1.54, 1.807) is 24.5 Å². The van der Waals surface area contributed by atoms with Crippen molar-refractivity contribution in [1.29, 1.82) is 0 Å². The SMILES string of the molecule is COCCNS(=O)(=O)c1cccc(C(=O)NCc2cccnc2)c1. The minimum atomic E-state index is -3.68. The van der Waals surface area contributed by atoms with Crippen LogP contribution in [0.3, 0.4) is 0 Å². The summed E-state index contributed by atoms with van der Waals surface area (Å²) in [7, 11) is -2.19. The van der Waals surface area contributed by atoms with E-state index in [1.807, 2.05) is 6.07 Å². The molecule has 7 nitrogen and oxygen atoms in total. The second-order valence-corrected chi connectivity index (χ2v) is 6.73. The molecule has 2 rings (SSSR count). The zero-order valence-electron chi connectivity index (χ0n) is 13.2. The second-order valence-electron chi connectivity index (χ2n) is 4.96. The van der Waals surface area contributed by atoms with E-state index >= 15 is 0 Å². The molecule has 0 saturated heterocycles. The van der Waals surface area contributed by atoms with Gasteiger partial charge in [-0.05, 0) is 29.8 Å². The van der Waals surface area contributed by atoms with Crippen LogP contribution in [0.15, 0.2) is 53.7 Å². The van der Waals surface area contributed by atoms with Crippen LogP contribution in [0.1, 0.15) is 15.9 Å². The standard InChI is InChI=1S/C16H19N3O4S/c1-23-9-8-19-24(21,22)15-6-2-5-14(10-15)16(20)18-12-13-4-3-7-17-11-13/h2-7,10-11,19H,8-9,12H2,1H3,(H,18,20). The van der Waals surface area contributed by atoms with Gasteiger partial charge >= 0.3 is 0 Å². The number of pyridine rings is 1. The van der Waals surface area contributed by atoms with Crippen molar-refractivity contribution in [3.8, 4) is 0 Å². The first-order valence-electron chi connectivity index (χ1n) is 7.29. The predicted molar refractivity (Wildman–Crippen MR) is 88.9 cm³/mol. The van der Waals surface area contributed by atoms with E-state index in [2.05, 4.69) is 15.0 Å². The van der Waals surface area contributed by atoms with E-state index in [0.29, 0.717) is 6.54 Å². The lowest BCUT2D eigenvalue weighted by Crippen LogP contribution is -2.28. The molecule has 1 aromatic carbocycles. The van der Waals surface area contributed by atoms with Crippen LogP contribution in [0, 0.1) is 0 Å². The van der Waals surface area contributed by atoms with Gasteiger partial charge in [-0.3, -0.25) is 9.78 Å². The molecule has 0 fully saturated rings. The lowest BCUT2D eigenvalue weighted by Gasteiger charge is -2.09. The van der Waals surface area contributed by atoms with Crippen molar-refractivity contribution in [2.24, 2.45) is 0 Å². The van der Waals surface area contributed by atoms with Gasteiger partial charge in [0.15, 0.2) is 0 Å². The second kappa shape index (κ2) is 8.53. The van der Waals surface area contributed by atoms with Crippen molar-refractivity contribution in [2.75, 3.05) is 20.3 Å². The molecule has 0 aliphatic rings.